The van der Waals surface area contributed by atoms with Crippen LogP contribution in [0, 0.1) is 0 Å². The van der Waals surface area contributed by atoms with E-state index in [0.717, 1.165) is 25.7 Å². The van der Waals surface area contributed by atoms with Crippen molar-refractivity contribution < 1.29 is 51.9 Å². The maximum Gasteiger partial charge on any atom is 0.474 e. The molecule has 0 aliphatic heterocycles. The zero-order chi connectivity index (χ0) is 34.8. The molecule has 0 aliphatic rings. The molecule has 0 rings (SSSR count). The molecule has 0 fully saturated rings. The van der Waals surface area contributed by atoms with Gasteiger partial charge < -0.3 is 30.5 Å². The number of unbranched alkanes of at least 4 members (excludes halogenated alkanes) is 3. The van der Waals surface area contributed by atoms with Crippen molar-refractivity contribution >= 4 is 31.5 Å². The summed E-state index contributed by atoms with van der Waals surface area (Å²) in [7, 11) is -3.87. The van der Waals surface area contributed by atoms with E-state index >= 15 is 0 Å². The largest absolute Gasteiger partial charge is 0.474 e. The van der Waals surface area contributed by atoms with E-state index in [2.05, 4.69) is 22.9 Å². The lowest BCUT2D eigenvalue weighted by molar-refractivity contribution is -0.147. The first-order chi connectivity index (χ1) is 21.9. The summed E-state index contributed by atoms with van der Waals surface area (Å²) in [5, 5.41) is 17.9. The molecule has 0 bridgehead atoms. The standard InChI is InChI=1S/C31H60N3O11P/c1-7-10-17-41-24(4)21-29(37)33-27(23-35)14-13-16-32-31(39)28(34-30(38)22-25(5)45-26(6)36)15-20-44-46(40,42-18-11-8-2)43-19-12-9-3/h24-25,27-28,35H,7-23H2,1-6H3,(H,32,39)(H,33,37)(H,34,38)/t24-,25-,27-,28+/m1/s1. The van der Waals surface area contributed by atoms with E-state index in [9.17, 15) is 28.8 Å². The van der Waals surface area contributed by atoms with Crippen molar-refractivity contribution in [3.05, 3.63) is 0 Å². The number of aliphatic hydroxyl groups is 1. The Bertz CT molecular complexity index is 895. The Hall–Kier alpha value is -2.09. The number of carbonyl (C=O) groups excluding carboxylic acids is 4. The lowest BCUT2D eigenvalue weighted by Gasteiger charge is -2.22. The quantitative estimate of drug-likeness (QED) is 0.0509. The molecule has 0 radical (unpaired) electrons. The van der Waals surface area contributed by atoms with E-state index in [1.165, 1.54) is 6.92 Å². The summed E-state index contributed by atoms with van der Waals surface area (Å²) in [6, 6.07) is -1.55. The van der Waals surface area contributed by atoms with Gasteiger partial charge in [0.2, 0.25) is 17.7 Å². The molecule has 0 aliphatic carbocycles. The first-order valence-electron chi connectivity index (χ1n) is 16.7. The maximum atomic E-state index is 13.1. The summed E-state index contributed by atoms with van der Waals surface area (Å²) in [6.07, 6.45) is 4.79. The molecule has 0 unspecified atom stereocenters. The van der Waals surface area contributed by atoms with E-state index in [1.54, 1.807) is 6.92 Å². The van der Waals surface area contributed by atoms with Crippen LogP contribution in [0.15, 0.2) is 0 Å². The number of ether oxygens (including phenoxy) is 2. The summed E-state index contributed by atoms with van der Waals surface area (Å²) in [5.41, 5.74) is 0. The zero-order valence-electron chi connectivity index (χ0n) is 28.8. The minimum Gasteiger partial charge on any atom is -0.462 e. The minimum absolute atomic E-state index is 0.0361. The summed E-state index contributed by atoms with van der Waals surface area (Å²) >= 11 is 0. The van der Waals surface area contributed by atoms with E-state index in [-0.39, 0.29) is 64.2 Å². The highest BCUT2D eigenvalue weighted by Crippen LogP contribution is 2.49. The first-order valence-corrected chi connectivity index (χ1v) is 18.1. The number of carbonyl (C=O) groups is 4. The van der Waals surface area contributed by atoms with Crippen LogP contribution in [0.3, 0.4) is 0 Å². The lowest BCUT2D eigenvalue weighted by Crippen LogP contribution is -2.48. The number of hydrogen-bond acceptors (Lipinski definition) is 11. The average molecular weight is 682 g/mol. The highest BCUT2D eigenvalue weighted by atomic mass is 31.2. The third-order valence-corrected chi connectivity index (χ3v) is 8.13. The van der Waals surface area contributed by atoms with Gasteiger partial charge in [-0.15, -0.1) is 0 Å². The highest BCUT2D eigenvalue weighted by molar-refractivity contribution is 7.48. The van der Waals surface area contributed by atoms with Gasteiger partial charge in [0.05, 0.1) is 51.4 Å². The van der Waals surface area contributed by atoms with Crippen molar-refractivity contribution in [3.63, 3.8) is 0 Å². The highest BCUT2D eigenvalue weighted by Gasteiger charge is 2.29. The molecular weight excluding hydrogens is 621 g/mol. The van der Waals surface area contributed by atoms with Gasteiger partial charge >= 0.3 is 13.8 Å². The fraction of sp³-hybridized carbons (Fsp3) is 0.871. The molecule has 0 heterocycles. The SMILES string of the molecule is CCCCO[C@H](C)CC(=O)N[C@@H](CO)CCCNC(=O)[C@H](CCOP(=O)(OCCCC)OCCCC)NC(=O)C[C@@H](C)OC(C)=O. The molecule has 0 saturated carbocycles. The van der Waals surface area contributed by atoms with Crippen LogP contribution in [0.1, 0.15) is 112 Å². The fourth-order valence-electron chi connectivity index (χ4n) is 4.07. The van der Waals surface area contributed by atoms with E-state index < -0.39 is 43.8 Å². The van der Waals surface area contributed by atoms with Crippen molar-refractivity contribution in [3.8, 4) is 0 Å². The molecule has 0 aromatic heterocycles. The Morgan fingerprint density at radius 2 is 1.28 bits per heavy atom. The second-order valence-electron chi connectivity index (χ2n) is 11.3. The molecular formula is C31H60N3O11P. The summed E-state index contributed by atoms with van der Waals surface area (Å²) < 4.78 is 40.1. The molecule has 270 valence electrons. The number of aliphatic hydroxyl groups excluding tert-OH is 1. The first kappa shape index (κ1) is 43.9. The monoisotopic (exact) mass is 681 g/mol. The molecule has 46 heavy (non-hydrogen) atoms. The molecule has 4 N–H and O–H groups in total. The second-order valence-corrected chi connectivity index (χ2v) is 13.0. The van der Waals surface area contributed by atoms with Gasteiger partial charge in [-0.1, -0.05) is 40.0 Å². The number of esters is 1. The fourth-order valence-corrected chi connectivity index (χ4v) is 5.33. The van der Waals surface area contributed by atoms with Gasteiger partial charge in [0.1, 0.15) is 12.1 Å². The van der Waals surface area contributed by atoms with E-state index in [0.29, 0.717) is 32.3 Å². The van der Waals surface area contributed by atoms with Crippen LogP contribution in [0.2, 0.25) is 0 Å². The van der Waals surface area contributed by atoms with Gasteiger partial charge in [0.25, 0.3) is 0 Å². The Kier molecular flexibility index (Phi) is 25.7. The minimum atomic E-state index is -3.87. The van der Waals surface area contributed by atoms with Crippen molar-refractivity contribution in [2.45, 2.75) is 136 Å². The number of rotatable bonds is 29. The maximum absolute atomic E-state index is 13.1. The summed E-state index contributed by atoms with van der Waals surface area (Å²) in [4.78, 5) is 49.4. The molecule has 0 aromatic carbocycles. The molecule has 0 saturated heterocycles. The zero-order valence-corrected chi connectivity index (χ0v) is 29.7. The van der Waals surface area contributed by atoms with Crippen LogP contribution < -0.4 is 16.0 Å². The smallest absolute Gasteiger partial charge is 0.462 e. The molecule has 3 amide bonds. The summed E-state index contributed by atoms with van der Waals surface area (Å²) in [6.45, 7) is 11.3. The van der Waals surface area contributed by atoms with Crippen LogP contribution in [-0.2, 0) is 46.8 Å². The van der Waals surface area contributed by atoms with Crippen LogP contribution >= 0.6 is 7.82 Å². The summed E-state index contributed by atoms with van der Waals surface area (Å²) in [5.74, 6) is -1.79. The third kappa shape index (κ3) is 23.3. The number of phosphoric acid groups is 1. The van der Waals surface area contributed by atoms with Crippen molar-refractivity contribution in [2.24, 2.45) is 0 Å². The molecule has 4 atom stereocenters. The Morgan fingerprint density at radius 3 is 1.85 bits per heavy atom. The molecule has 0 spiro atoms. The number of hydrogen-bond donors (Lipinski definition) is 4. The van der Waals surface area contributed by atoms with Gasteiger partial charge in [-0.25, -0.2) is 4.57 Å². The van der Waals surface area contributed by atoms with Crippen LogP contribution in [0.5, 0.6) is 0 Å². The van der Waals surface area contributed by atoms with Gasteiger partial charge in [-0.2, -0.15) is 0 Å². The second kappa shape index (κ2) is 26.9. The van der Waals surface area contributed by atoms with Crippen LogP contribution in [-0.4, -0.2) is 92.7 Å². The van der Waals surface area contributed by atoms with Crippen LogP contribution in [0.4, 0.5) is 0 Å². The van der Waals surface area contributed by atoms with Gasteiger partial charge in [0.15, 0.2) is 0 Å². The predicted octanol–water partition coefficient (Wildman–Crippen LogP) is 3.93. The number of nitrogens with one attached hydrogen (secondary N) is 3. The number of phosphoric ester groups is 1. The van der Waals surface area contributed by atoms with Gasteiger partial charge in [0, 0.05) is 26.5 Å². The van der Waals surface area contributed by atoms with Crippen LogP contribution in [0.25, 0.3) is 0 Å². The van der Waals surface area contributed by atoms with Crippen molar-refractivity contribution in [2.75, 3.05) is 39.6 Å². The Balaban J connectivity index is 5.14. The molecule has 0 aromatic rings. The van der Waals surface area contributed by atoms with E-state index in [1.807, 2.05) is 20.8 Å². The predicted molar refractivity (Wildman–Crippen MR) is 174 cm³/mol. The van der Waals surface area contributed by atoms with E-state index in [4.69, 9.17) is 23.0 Å². The molecule has 14 nitrogen and oxygen atoms in total. The van der Waals surface area contributed by atoms with Gasteiger partial charge in [-0.3, -0.25) is 32.7 Å². The topological polar surface area (TPSA) is 188 Å². The normalized spacial score (nSPS) is 14.2. The van der Waals surface area contributed by atoms with Crippen molar-refractivity contribution in [1.82, 2.24) is 16.0 Å². The molecule has 15 heteroatoms. The number of amides is 3. The lowest BCUT2D eigenvalue weighted by atomic mass is 10.1. The Morgan fingerprint density at radius 1 is 0.739 bits per heavy atom. The third-order valence-electron chi connectivity index (χ3n) is 6.63. The van der Waals surface area contributed by atoms with Gasteiger partial charge in [-0.05, 0) is 46.0 Å². The average Bonchev–Trinajstić information content (AvgIpc) is 2.98. The Labute approximate surface area is 275 Å². The van der Waals surface area contributed by atoms with Crippen molar-refractivity contribution in [1.29, 1.82) is 0 Å².